The number of benzene rings is 1. The smallest absolute Gasteiger partial charge is 0.129 e. The molecule has 0 radical (unpaired) electrons. The fraction of sp³-hybridized carbons (Fsp3) is 0.438. The molecule has 2 atom stereocenters. The monoisotopic (exact) mass is 323 g/mol. The van der Waals surface area contributed by atoms with Crippen LogP contribution in [0.4, 0.5) is 8.78 Å². The highest BCUT2D eigenvalue weighted by Crippen LogP contribution is 2.22. The summed E-state index contributed by atoms with van der Waals surface area (Å²) >= 11 is 0. The van der Waals surface area contributed by atoms with Gasteiger partial charge >= 0.3 is 0 Å². The van der Waals surface area contributed by atoms with Crippen molar-refractivity contribution in [2.75, 3.05) is 13.1 Å². The Morgan fingerprint density at radius 2 is 2.04 bits per heavy atom. The lowest BCUT2D eigenvalue weighted by Gasteiger charge is -2.35. The first kappa shape index (κ1) is 15.9. The van der Waals surface area contributed by atoms with Gasteiger partial charge in [-0.25, -0.2) is 8.78 Å². The van der Waals surface area contributed by atoms with E-state index >= 15 is 0 Å². The average Bonchev–Trinajstić information content (AvgIpc) is 2.86. The third kappa shape index (κ3) is 4.05. The quantitative estimate of drug-likeness (QED) is 0.931. The molecule has 0 bridgehead atoms. The van der Waals surface area contributed by atoms with E-state index < -0.39 is 23.8 Å². The maximum atomic E-state index is 13.2. The van der Waals surface area contributed by atoms with Crippen LogP contribution in [0.2, 0.25) is 0 Å². The Bertz CT molecular complexity index is 657. The Labute approximate surface area is 133 Å². The van der Waals surface area contributed by atoms with Crippen LogP contribution < -0.4 is 4.74 Å². The first-order valence-electron chi connectivity index (χ1n) is 7.50. The number of nitrogens with zero attached hydrogens (tertiary/aromatic N) is 3. The molecule has 7 heteroatoms. The lowest BCUT2D eigenvalue weighted by molar-refractivity contribution is -0.0277. The lowest BCUT2D eigenvalue weighted by Crippen LogP contribution is -2.48. The predicted molar refractivity (Wildman–Crippen MR) is 79.9 cm³/mol. The standard InChI is InChI=1S/C16H19F2N3O2/c1-20-8-11(7-19-20)9-21-3-2-16(15(22)10-21)23-14-5-12(17)4-13(18)6-14/h4-8,15-16,22H,2-3,9-10H2,1H3/t15-,16-/m1/s1. The second-order valence-electron chi connectivity index (χ2n) is 5.87. The van der Waals surface area contributed by atoms with E-state index in [0.717, 1.165) is 30.3 Å². The average molecular weight is 323 g/mol. The Balaban J connectivity index is 1.58. The van der Waals surface area contributed by atoms with E-state index in [-0.39, 0.29) is 5.75 Å². The summed E-state index contributed by atoms with van der Waals surface area (Å²) in [5, 5.41) is 14.4. The van der Waals surface area contributed by atoms with Gasteiger partial charge in [-0.3, -0.25) is 9.58 Å². The highest BCUT2D eigenvalue weighted by Gasteiger charge is 2.29. The van der Waals surface area contributed by atoms with Gasteiger partial charge < -0.3 is 9.84 Å². The van der Waals surface area contributed by atoms with Gasteiger partial charge in [-0.05, 0) is 6.42 Å². The number of aryl methyl sites for hydroxylation is 1. The third-order valence-electron chi connectivity index (χ3n) is 3.89. The molecule has 1 fully saturated rings. The van der Waals surface area contributed by atoms with Crippen LogP contribution in [0.3, 0.4) is 0 Å². The molecule has 0 unspecified atom stereocenters. The fourth-order valence-electron chi connectivity index (χ4n) is 2.84. The van der Waals surface area contributed by atoms with Crippen molar-refractivity contribution in [2.45, 2.75) is 25.2 Å². The molecule has 0 aliphatic carbocycles. The van der Waals surface area contributed by atoms with Gasteiger partial charge in [0, 0.05) is 56.6 Å². The Morgan fingerprint density at radius 1 is 1.30 bits per heavy atom. The third-order valence-corrected chi connectivity index (χ3v) is 3.89. The van der Waals surface area contributed by atoms with Crippen LogP contribution in [-0.2, 0) is 13.6 Å². The van der Waals surface area contributed by atoms with E-state index in [9.17, 15) is 13.9 Å². The highest BCUT2D eigenvalue weighted by molar-refractivity contribution is 5.24. The summed E-state index contributed by atoms with van der Waals surface area (Å²) < 4.78 is 33.7. The topological polar surface area (TPSA) is 50.5 Å². The summed E-state index contributed by atoms with van der Waals surface area (Å²) in [5.74, 6) is -1.28. The molecule has 2 aromatic rings. The molecule has 0 spiro atoms. The largest absolute Gasteiger partial charge is 0.487 e. The number of aliphatic hydroxyl groups excluding tert-OH is 1. The zero-order valence-corrected chi connectivity index (χ0v) is 12.8. The number of rotatable bonds is 4. The molecule has 1 aliphatic heterocycles. The van der Waals surface area contributed by atoms with E-state index in [4.69, 9.17) is 4.74 Å². The lowest BCUT2D eigenvalue weighted by atomic mass is 10.0. The number of piperidine rings is 1. The number of hydrogen-bond donors (Lipinski definition) is 1. The van der Waals surface area contributed by atoms with E-state index in [2.05, 4.69) is 10.00 Å². The molecule has 1 aliphatic rings. The van der Waals surface area contributed by atoms with Crippen molar-refractivity contribution in [3.8, 4) is 5.75 Å². The SMILES string of the molecule is Cn1cc(CN2CC[C@@H](Oc3cc(F)cc(F)c3)[C@H](O)C2)cn1. The molecular formula is C16H19F2N3O2. The number of aromatic nitrogens is 2. The first-order chi connectivity index (χ1) is 11.0. The van der Waals surface area contributed by atoms with Gasteiger partial charge in [0.2, 0.25) is 0 Å². The van der Waals surface area contributed by atoms with Crippen LogP contribution in [0.5, 0.6) is 5.75 Å². The first-order valence-corrected chi connectivity index (χ1v) is 7.50. The van der Waals surface area contributed by atoms with Crippen molar-refractivity contribution in [1.29, 1.82) is 0 Å². The van der Waals surface area contributed by atoms with Crippen molar-refractivity contribution in [2.24, 2.45) is 7.05 Å². The van der Waals surface area contributed by atoms with Crippen LogP contribution in [-0.4, -0.2) is 45.1 Å². The molecule has 0 amide bonds. The van der Waals surface area contributed by atoms with Crippen LogP contribution >= 0.6 is 0 Å². The normalized spacial score (nSPS) is 22.3. The zero-order valence-electron chi connectivity index (χ0n) is 12.8. The van der Waals surface area contributed by atoms with Gasteiger partial charge in [0.15, 0.2) is 0 Å². The van der Waals surface area contributed by atoms with Crippen molar-refractivity contribution >= 4 is 0 Å². The zero-order chi connectivity index (χ0) is 16.4. The highest BCUT2D eigenvalue weighted by atomic mass is 19.1. The van der Waals surface area contributed by atoms with Crippen LogP contribution in [0.15, 0.2) is 30.6 Å². The molecule has 3 rings (SSSR count). The number of halogens is 2. The van der Waals surface area contributed by atoms with Crippen molar-refractivity contribution in [3.05, 3.63) is 47.8 Å². The number of ether oxygens (including phenoxy) is 1. The van der Waals surface area contributed by atoms with Gasteiger partial charge in [-0.15, -0.1) is 0 Å². The molecular weight excluding hydrogens is 304 g/mol. The van der Waals surface area contributed by atoms with Gasteiger partial charge in [0.25, 0.3) is 0 Å². The molecule has 5 nitrogen and oxygen atoms in total. The molecule has 124 valence electrons. The number of likely N-dealkylation sites (tertiary alicyclic amines) is 1. The van der Waals surface area contributed by atoms with E-state index in [0.29, 0.717) is 19.5 Å². The molecule has 1 saturated heterocycles. The van der Waals surface area contributed by atoms with Crippen molar-refractivity contribution in [3.63, 3.8) is 0 Å². The predicted octanol–water partition coefficient (Wildman–Crippen LogP) is 1.71. The number of aliphatic hydroxyl groups is 1. The molecule has 1 aromatic heterocycles. The van der Waals surface area contributed by atoms with Crippen LogP contribution in [0, 0.1) is 11.6 Å². The summed E-state index contributed by atoms with van der Waals surface area (Å²) in [7, 11) is 1.86. The van der Waals surface area contributed by atoms with Gasteiger partial charge in [0.1, 0.15) is 29.6 Å². The Kier molecular flexibility index (Phi) is 4.58. The second-order valence-corrected chi connectivity index (χ2v) is 5.87. The Morgan fingerprint density at radius 3 is 2.65 bits per heavy atom. The van der Waals surface area contributed by atoms with E-state index in [1.165, 1.54) is 0 Å². The molecule has 1 aromatic carbocycles. The summed E-state index contributed by atoms with van der Waals surface area (Å²) in [5.41, 5.74) is 1.08. The Hall–Kier alpha value is -1.99. The van der Waals surface area contributed by atoms with E-state index in [1.54, 1.807) is 10.9 Å². The van der Waals surface area contributed by atoms with Gasteiger partial charge in [0.05, 0.1) is 6.20 Å². The summed E-state index contributed by atoms with van der Waals surface area (Å²) in [4.78, 5) is 2.10. The molecule has 2 heterocycles. The summed E-state index contributed by atoms with van der Waals surface area (Å²) in [6.07, 6.45) is 3.13. The molecule has 1 N–H and O–H groups in total. The van der Waals surface area contributed by atoms with Crippen LogP contribution in [0.1, 0.15) is 12.0 Å². The van der Waals surface area contributed by atoms with E-state index in [1.807, 2.05) is 13.2 Å². The molecule has 23 heavy (non-hydrogen) atoms. The summed E-state index contributed by atoms with van der Waals surface area (Å²) in [6.45, 7) is 1.87. The second kappa shape index (κ2) is 6.64. The minimum absolute atomic E-state index is 0.104. The minimum atomic E-state index is -0.716. The van der Waals surface area contributed by atoms with Gasteiger partial charge in [-0.1, -0.05) is 0 Å². The molecule has 0 saturated carbocycles. The van der Waals surface area contributed by atoms with Crippen molar-refractivity contribution < 1.29 is 18.6 Å². The summed E-state index contributed by atoms with van der Waals surface area (Å²) in [6, 6.07) is 3.04. The fourth-order valence-corrected chi connectivity index (χ4v) is 2.84. The maximum Gasteiger partial charge on any atom is 0.129 e. The van der Waals surface area contributed by atoms with Crippen molar-refractivity contribution in [1.82, 2.24) is 14.7 Å². The van der Waals surface area contributed by atoms with Gasteiger partial charge in [-0.2, -0.15) is 5.10 Å². The maximum absolute atomic E-state index is 13.2. The number of β-amino-alcohol motifs (C(OH)–C–C–N with tert-alkyl or cyclic N) is 1. The number of hydrogen-bond acceptors (Lipinski definition) is 4. The minimum Gasteiger partial charge on any atom is -0.487 e. The van der Waals surface area contributed by atoms with Crippen LogP contribution in [0.25, 0.3) is 0 Å².